The van der Waals surface area contributed by atoms with Crippen molar-refractivity contribution in [2.75, 3.05) is 26.3 Å². The number of rotatable bonds is 3. The quantitative estimate of drug-likeness (QED) is 0.845. The molecule has 0 N–H and O–H groups in total. The molecule has 4 nitrogen and oxygen atoms in total. The Morgan fingerprint density at radius 2 is 1.85 bits per heavy atom. The Morgan fingerprint density at radius 1 is 1.12 bits per heavy atom. The first kappa shape index (κ1) is 17.2. The highest BCUT2D eigenvalue weighted by Gasteiger charge is 2.19. The van der Waals surface area contributed by atoms with Crippen LogP contribution >= 0.6 is 0 Å². The summed E-state index contributed by atoms with van der Waals surface area (Å²) in [6.45, 7) is 5.83. The molecule has 0 bridgehead atoms. The van der Waals surface area contributed by atoms with E-state index in [2.05, 4.69) is 48.2 Å². The van der Waals surface area contributed by atoms with Crippen molar-refractivity contribution in [3.8, 4) is 17.3 Å². The molecule has 1 aromatic heterocycles. The first-order valence-electron chi connectivity index (χ1n) is 9.61. The molecular weight excluding hydrogens is 322 g/mol. The zero-order valence-corrected chi connectivity index (χ0v) is 15.4. The normalized spacial score (nSPS) is 18.8. The number of fused-ring (bicyclic) bond motifs is 1. The Kier molecular flexibility index (Phi) is 5.01. The second kappa shape index (κ2) is 7.57. The summed E-state index contributed by atoms with van der Waals surface area (Å²) in [5.74, 6) is 0. The van der Waals surface area contributed by atoms with Gasteiger partial charge in [0.25, 0.3) is 0 Å². The number of aryl methyl sites for hydroxylation is 2. The van der Waals surface area contributed by atoms with Crippen LogP contribution in [-0.4, -0.2) is 36.2 Å². The van der Waals surface area contributed by atoms with E-state index >= 15 is 0 Å². The monoisotopic (exact) mass is 347 g/mol. The van der Waals surface area contributed by atoms with Crippen LogP contribution in [0.4, 0.5) is 0 Å². The lowest BCUT2D eigenvalue weighted by molar-refractivity contribution is 0.0198. The molecule has 0 radical (unpaired) electrons. The summed E-state index contributed by atoms with van der Waals surface area (Å²) in [6.07, 6.45) is 4.47. The molecule has 0 saturated carbocycles. The Balaban J connectivity index is 1.61. The van der Waals surface area contributed by atoms with Crippen LogP contribution in [0.3, 0.4) is 0 Å². The van der Waals surface area contributed by atoms with E-state index in [1.807, 2.05) is 0 Å². The molecule has 4 rings (SSSR count). The van der Waals surface area contributed by atoms with Gasteiger partial charge in [0.05, 0.1) is 24.5 Å². The van der Waals surface area contributed by atoms with Gasteiger partial charge in [-0.3, -0.25) is 9.88 Å². The van der Waals surface area contributed by atoms with Crippen LogP contribution in [0.2, 0.25) is 0 Å². The first-order valence-corrected chi connectivity index (χ1v) is 9.61. The third-order valence-corrected chi connectivity index (χ3v) is 5.68. The van der Waals surface area contributed by atoms with E-state index in [0.29, 0.717) is 11.6 Å². The van der Waals surface area contributed by atoms with Gasteiger partial charge >= 0.3 is 0 Å². The maximum absolute atomic E-state index is 9.59. The number of pyridine rings is 1. The van der Waals surface area contributed by atoms with Crippen LogP contribution < -0.4 is 0 Å². The minimum absolute atomic E-state index is 0.375. The predicted octanol–water partition coefficient (Wildman–Crippen LogP) is 3.89. The van der Waals surface area contributed by atoms with Gasteiger partial charge in [-0.1, -0.05) is 24.3 Å². The second-order valence-corrected chi connectivity index (χ2v) is 7.26. The summed E-state index contributed by atoms with van der Waals surface area (Å²) >= 11 is 0. The number of benzene rings is 1. The molecule has 0 unspecified atom stereocenters. The predicted molar refractivity (Wildman–Crippen MR) is 102 cm³/mol. The summed E-state index contributed by atoms with van der Waals surface area (Å²) in [5, 5.41) is 9.59. The van der Waals surface area contributed by atoms with Crippen molar-refractivity contribution >= 4 is 0 Å². The zero-order valence-electron chi connectivity index (χ0n) is 15.4. The average Bonchev–Trinajstić information content (AvgIpc) is 2.73. The first-order chi connectivity index (χ1) is 12.8. The molecule has 1 fully saturated rings. The fourth-order valence-electron chi connectivity index (χ4n) is 4.03. The van der Waals surface area contributed by atoms with Gasteiger partial charge in [-0.05, 0) is 49.8 Å². The summed E-state index contributed by atoms with van der Waals surface area (Å²) in [5.41, 5.74) is 6.29. The highest BCUT2D eigenvalue weighted by molar-refractivity contribution is 5.67. The number of nitriles is 1. The van der Waals surface area contributed by atoms with Gasteiger partial charge < -0.3 is 4.74 Å². The lowest BCUT2D eigenvalue weighted by Crippen LogP contribution is -2.37. The SMILES string of the molecule is C[C@H](c1ccc(-c2nc3c(cc2C#N)CCCC3)cc1)N1CCOCC1. The van der Waals surface area contributed by atoms with Crippen molar-refractivity contribution < 1.29 is 4.74 Å². The standard InChI is InChI=1S/C22H25N3O/c1-16(25-10-12-26-13-11-25)17-6-8-18(9-7-17)22-20(15-23)14-19-4-2-3-5-21(19)24-22/h6-9,14,16H,2-5,10-13H2,1H3/t16-/m1/s1. The second-order valence-electron chi connectivity index (χ2n) is 7.26. The van der Waals surface area contributed by atoms with E-state index in [1.54, 1.807) is 0 Å². The number of aromatic nitrogens is 1. The highest BCUT2D eigenvalue weighted by atomic mass is 16.5. The van der Waals surface area contributed by atoms with Crippen molar-refractivity contribution in [3.05, 3.63) is 52.7 Å². The van der Waals surface area contributed by atoms with Crippen molar-refractivity contribution in [3.63, 3.8) is 0 Å². The molecule has 0 spiro atoms. The van der Waals surface area contributed by atoms with E-state index in [9.17, 15) is 5.26 Å². The molecule has 1 atom stereocenters. The minimum Gasteiger partial charge on any atom is -0.379 e. The molecule has 2 heterocycles. The van der Waals surface area contributed by atoms with E-state index in [-0.39, 0.29) is 0 Å². The highest BCUT2D eigenvalue weighted by Crippen LogP contribution is 2.29. The fourth-order valence-corrected chi connectivity index (χ4v) is 4.03. The molecule has 1 aliphatic carbocycles. The number of hydrogen-bond donors (Lipinski definition) is 0. The largest absolute Gasteiger partial charge is 0.379 e. The van der Waals surface area contributed by atoms with Gasteiger partial charge in [-0.15, -0.1) is 0 Å². The molecular formula is C22H25N3O. The van der Waals surface area contributed by atoms with Crippen molar-refractivity contribution in [1.82, 2.24) is 9.88 Å². The Hall–Kier alpha value is -2.22. The van der Waals surface area contributed by atoms with Gasteiger partial charge in [-0.2, -0.15) is 5.26 Å². The minimum atomic E-state index is 0.375. The van der Waals surface area contributed by atoms with E-state index < -0.39 is 0 Å². The molecule has 0 amide bonds. The lowest BCUT2D eigenvalue weighted by Gasteiger charge is -2.32. The van der Waals surface area contributed by atoms with Crippen LogP contribution in [-0.2, 0) is 17.6 Å². The van der Waals surface area contributed by atoms with Crippen LogP contribution in [0, 0.1) is 11.3 Å². The average molecular weight is 347 g/mol. The van der Waals surface area contributed by atoms with Gasteiger partial charge in [0, 0.05) is 30.4 Å². The van der Waals surface area contributed by atoms with Crippen molar-refractivity contribution in [1.29, 1.82) is 5.26 Å². The fraction of sp³-hybridized carbons (Fsp3) is 0.455. The summed E-state index contributed by atoms with van der Waals surface area (Å²) in [7, 11) is 0. The molecule has 1 aliphatic heterocycles. The summed E-state index contributed by atoms with van der Waals surface area (Å²) < 4.78 is 5.45. The van der Waals surface area contributed by atoms with E-state index in [0.717, 1.165) is 50.4 Å². The van der Waals surface area contributed by atoms with Gasteiger partial charge in [0.15, 0.2) is 0 Å². The number of morpholine rings is 1. The van der Waals surface area contributed by atoms with Gasteiger partial charge in [-0.25, -0.2) is 0 Å². The molecule has 1 aromatic carbocycles. The van der Waals surface area contributed by atoms with Crippen LogP contribution in [0.1, 0.15) is 48.2 Å². The molecule has 2 aliphatic rings. The maximum Gasteiger partial charge on any atom is 0.101 e. The number of ether oxygens (including phenoxy) is 1. The Morgan fingerprint density at radius 3 is 2.58 bits per heavy atom. The van der Waals surface area contributed by atoms with Gasteiger partial charge in [0.2, 0.25) is 0 Å². The topological polar surface area (TPSA) is 49.2 Å². The van der Waals surface area contributed by atoms with Crippen LogP contribution in [0.5, 0.6) is 0 Å². The van der Waals surface area contributed by atoms with Crippen molar-refractivity contribution in [2.45, 2.75) is 38.6 Å². The third-order valence-electron chi connectivity index (χ3n) is 5.68. The third kappa shape index (κ3) is 3.38. The summed E-state index contributed by atoms with van der Waals surface area (Å²) in [6, 6.07) is 13.4. The Bertz CT molecular complexity index is 817. The molecule has 4 heteroatoms. The van der Waals surface area contributed by atoms with Gasteiger partial charge in [0.1, 0.15) is 6.07 Å². The molecule has 26 heavy (non-hydrogen) atoms. The smallest absolute Gasteiger partial charge is 0.101 e. The molecule has 1 saturated heterocycles. The lowest BCUT2D eigenvalue weighted by atomic mass is 9.92. The number of hydrogen-bond acceptors (Lipinski definition) is 4. The maximum atomic E-state index is 9.59. The molecule has 134 valence electrons. The van der Waals surface area contributed by atoms with Crippen LogP contribution in [0.25, 0.3) is 11.3 Å². The zero-order chi connectivity index (χ0) is 17.9. The summed E-state index contributed by atoms with van der Waals surface area (Å²) in [4.78, 5) is 7.32. The van der Waals surface area contributed by atoms with Crippen LogP contribution in [0.15, 0.2) is 30.3 Å². The molecule has 2 aromatic rings. The Labute approximate surface area is 155 Å². The van der Waals surface area contributed by atoms with E-state index in [4.69, 9.17) is 9.72 Å². The number of nitrogens with zero attached hydrogens (tertiary/aromatic N) is 3. The van der Waals surface area contributed by atoms with E-state index in [1.165, 1.54) is 29.7 Å². The van der Waals surface area contributed by atoms with Crippen molar-refractivity contribution in [2.24, 2.45) is 0 Å².